The summed E-state index contributed by atoms with van der Waals surface area (Å²) in [6, 6.07) is 11.8. The molecule has 0 bridgehead atoms. The highest BCUT2D eigenvalue weighted by atomic mass is 127. The summed E-state index contributed by atoms with van der Waals surface area (Å²) in [6.07, 6.45) is 3.55. The van der Waals surface area contributed by atoms with Crippen molar-refractivity contribution in [3.8, 4) is 5.75 Å². The molecule has 2 aromatic rings. The van der Waals surface area contributed by atoms with E-state index in [1.165, 1.54) is 0 Å². The molecule has 1 fully saturated rings. The molecule has 6 nitrogen and oxygen atoms in total. The van der Waals surface area contributed by atoms with Crippen molar-refractivity contribution in [3.05, 3.63) is 51.7 Å². The van der Waals surface area contributed by atoms with E-state index in [9.17, 15) is 0 Å². The Morgan fingerprint density at radius 3 is 2.96 bits per heavy atom. The largest absolute Gasteiger partial charge is 0.492 e. The van der Waals surface area contributed by atoms with Crippen molar-refractivity contribution in [2.45, 2.75) is 0 Å². The van der Waals surface area contributed by atoms with E-state index in [4.69, 9.17) is 9.47 Å². The summed E-state index contributed by atoms with van der Waals surface area (Å²) in [4.78, 5) is 6.60. The third-order valence-electron chi connectivity index (χ3n) is 3.76. The molecule has 2 heterocycles. The van der Waals surface area contributed by atoms with E-state index in [-0.39, 0.29) is 0 Å². The Balaban J connectivity index is 1.47. The molecule has 1 aromatic carbocycles. The van der Waals surface area contributed by atoms with E-state index < -0.39 is 0 Å². The molecule has 132 valence electrons. The number of anilines is 1. The van der Waals surface area contributed by atoms with Gasteiger partial charge in [0.15, 0.2) is 0 Å². The highest BCUT2D eigenvalue weighted by Crippen LogP contribution is 2.12. The number of morpholine rings is 1. The molecule has 0 atom stereocenters. The number of hydrogen-bond donors (Lipinski definition) is 1. The molecular weight excluding hydrogens is 431 g/mol. The fraction of sp³-hybridized carbons (Fsp3) is 0.333. The first-order chi connectivity index (χ1) is 12.3. The van der Waals surface area contributed by atoms with Gasteiger partial charge in [0.2, 0.25) is 0 Å². The van der Waals surface area contributed by atoms with Crippen LogP contribution < -0.4 is 10.2 Å². The van der Waals surface area contributed by atoms with Crippen LogP contribution in [0.25, 0.3) is 0 Å². The zero-order chi connectivity index (χ0) is 17.3. The summed E-state index contributed by atoms with van der Waals surface area (Å²) in [5.74, 6) is 1.57. The lowest BCUT2D eigenvalue weighted by Gasteiger charge is -2.26. The zero-order valence-electron chi connectivity index (χ0n) is 13.9. The lowest BCUT2D eigenvalue weighted by molar-refractivity contribution is 0.0322. The summed E-state index contributed by atoms with van der Waals surface area (Å²) in [5, 5.41) is 4.22. The van der Waals surface area contributed by atoms with Crippen molar-refractivity contribution in [2.24, 2.45) is 5.10 Å². The number of rotatable bonds is 7. The van der Waals surface area contributed by atoms with Gasteiger partial charge in [0.05, 0.1) is 19.4 Å². The quantitative estimate of drug-likeness (QED) is 0.398. The molecule has 1 aliphatic rings. The Morgan fingerprint density at radius 2 is 2.16 bits per heavy atom. The van der Waals surface area contributed by atoms with E-state index >= 15 is 0 Å². The molecule has 0 unspecified atom stereocenters. The van der Waals surface area contributed by atoms with Gasteiger partial charge in [-0.25, -0.2) is 4.98 Å². The third kappa shape index (κ3) is 6.26. The molecule has 25 heavy (non-hydrogen) atoms. The fourth-order valence-corrected chi connectivity index (χ4v) is 2.74. The van der Waals surface area contributed by atoms with Crippen molar-refractivity contribution in [1.29, 1.82) is 0 Å². The Hall–Kier alpha value is -1.71. The van der Waals surface area contributed by atoms with Gasteiger partial charge in [-0.15, -0.1) is 0 Å². The van der Waals surface area contributed by atoms with Crippen molar-refractivity contribution >= 4 is 34.6 Å². The summed E-state index contributed by atoms with van der Waals surface area (Å²) in [7, 11) is 0. The predicted octanol–water partition coefficient (Wildman–Crippen LogP) is 2.84. The first-order valence-corrected chi connectivity index (χ1v) is 9.31. The summed E-state index contributed by atoms with van der Waals surface area (Å²) in [5.41, 5.74) is 3.90. The monoisotopic (exact) mass is 452 g/mol. The topological polar surface area (TPSA) is 59.0 Å². The highest BCUT2D eigenvalue weighted by molar-refractivity contribution is 14.1. The first-order valence-electron chi connectivity index (χ1n) is 8.23. The Morgan fingerprint density at radius 1 is 1.28 bits per heavy atom. The van der Waals surface area contributed by atoms with Crippen LogP contribution in [0.15, 0.2) is 47.7 Å². The van der Waals surface area contributed by atoms with Crippen molar-refractivity contribution in [3.63, 3.8) is 0 Å². The molecule has 0 aliphatic carbocycles. The van der Waals surface area contributed by atoms with Gasteiger partial charge in [-0.3, -0.25) is 10.3 Å². The second-order valence-electron chi connectivity index (χ2n) is 5.61. The standard InChI is InChI=1S/C18H21IN4O2/c19-16-4-5-18(20-14-16)22-21-13-15-2-1-3-17(12-15)25-11-8-23-6-9-24-10-7-23/h1-5,12-14H,6-11H2,(H,20,22)/b21-13-. The minimum absolute atomic E-state index is 0.672. The number of aromatic nitrogens is 1. The van der Waals surface area contributed by atoms with Crippen molar-refractivity contribution in [2.75, 3.05) is 44.9 Å². The van der Waals surface area contributed by atoms with Crippen LogP contribution >= 0.6 is 22.6 Å². The van der Waals surface area contributed by atoms with Crippen molar-refractivity contribution < 1.29 is 9.47 Å². The van der Waals surface area contributed by atoms with Crippen molar-refractivity contribution in [1.82, 2.24) is 9.88 Å². The maximum Gasteiger partial charge on any atom is 0.146 e. The van der Waals surface area contributed by atoms with Crippen LogP contribution in [-0.4, -0.2) is 55.6 Å². The SMILES string of the molecule is Ic1ccc(N/N=C\c2cccc(OCCN3CCOCC3)c2)nc1. The van der Waals surface area contributed by atoms with E-state index in [2.05, 4.69) is 43.0 Å². The molecule has 0 saturated carbocycles. The smallest absolute Gasteiger partial charge is 0.146 e. The lowest BCUT2D eigenvalue weighted by atomic mass is 10.2. The number of benzene rings is 1. The van der Waals surface area contributed by atoms with Gasteiger partial charge in [0, 0.05) is 29.4 Å². The van der Waals surface area contributed by atoms with E-state index in [0.717, 1.165) is 53.5 Å². The highest BCUT2D eigenvalue weighted by Gasteiger charge is 2.09. The Labute approximate surface area is 161 Å². The second kappa shape index (κ2) is 9.69. The van der Waals surface area contributed by atoms with E-state index in [1.54, 1.807) is 12.4 Å². The molecule has 0 radical (unpaired) electrons. The van der Waals surface area contributed by atoms with E-state index in [0.29, 0.717) is 6.61 Å². The maximum absolute atomic E-state index is 5.85. The Kier molecular flexibility index (Phi) is 7.01. The number of halogens is 1. The molecule has 0 spiro atoms. The number of pyridine rings is 1. The molecule has 1 N–H and O–H groups in total. The lowest BCUT2D eigenvalue weighted by Crippen LogP contribution is -2.38. The van der Waals surface area contributed by atoms with Gasteiger partial charge in [-0.2, -0.15) is 5.10 Å². The number of hydrogen-bond acceptors (Lipinski definition) is 6. The summed E-state index contributed by atoms with van der Waals surface area (Å²) >= 11 is 2.22. The zero-order valence-corrected chi connectivity index (χ0v) is 16.1. The average molecular weight is 452 g/mol. The van der Waals surface area contributed by atoms with Gasteiger partial charge < -0.3 is 9.47 Å². The van der Waals surface area contributed by atoms with Gasteiger partial charge >= 0.3 is 0 Å². The van der Waals surface area contributed by atoms with Crippen LogP contribution in [0, 0.1) is 3.57 Å². The van der Waals surface area contributed by atoms with Crippen LogP contribution in [0.3, 0.4) is 0 Å². The normalized spacial score (nSPS) is 15.4. The minimum atomic E-state index is 0.672. The molecule has 7 heteroatoms. The number of nitrogens with one attached hydrogen (secondary N) is 1. The fourth-order valence-electron chi connectivity index (χ4n) is 2.42. The Bertz CT molecular complexity index is 688. The molecular formula is C18H21IN4O2. The molecule has 1 aliphatic heterocycles. The van der Waals surface area contributed by atoms with Gasteiger partial charge in [-0.05, 0) is 52.4 Å². The van der Waals surface area contributed by atoms with Crippen LogP contribution in [0.1, 0.15) is 5.56 Å². The third-order valence-corrected chi connectivity index (χ3v) is 4.40. The first kappa shape index (κ1) is 18.1. The number of nitrogens with zero attached hydrogens (tertiary/aromatic N) is 3. The van der Waals surface area contributed by atoms with Gasteiger partial charge in [0.1, 0.15) is 18.2 Å². The second-order valence-corrected chi connectivity index (χ2v) is 6.85. The van der Waals surface area contributed by atoms with Crippen LogP contribution in [0.2, 0.25) is 0 Å². The summed E-state index contributed by atoms with van der Waals surface area (Å²) in [6.45, 7) is 5.18. The molecule has 1 aromatic heterocycles. The van der Waals surface area contributed by atoms with Crippen LogP contribution in [0.5, 0.6) is 5.75 Å². The maximum atomic E-state index is 5.85. The predicted molar refractivity (Wildman–Crippen MR) is 107 cm³/mol. The minimum Gasteiger partial charge on any atom is -0.492 e. The average Bonchev–Trinajstić information content (AvgIpc) is 2.65. The van der Waals surface area contributed by atoms with Crippen LogP contribution in [-0.2, 0) is 4.74 Å². The summed E-state index contributed by atoms with van der Waals surface area (Å²) < 4.78 is 12.3. The van der Waals surface area contributed by atoms with Gasteiger partial charge in [0.25, 0.3) is 0 Å². The van der Waals surface area contributed by atoms with Gasteiger partial charge in [-0.1, -0.05) is 12.1 Å². The van der Waals surface area contributed by atoms with Crippen LogP contribution in [0.4, 0.5) is 5.82 Å². The number of ether oxygens (including phenoxy) is 2. The molecule has 1 saturated heterocycles. The molecule has 0 amide bonds. The molecule has 3 rings (SSSR count). The number of hydrazone groups is 1. The van der Waals surface area contributed by atoms with E-state index in [1.807, 2.05) is 36.4 Å².